The lowest BCUT2D eigenvalue weighted by Gasteiger charge is -2.13. The Kier molecular flexibility index (Phi) is 6.11. The first kappa shape index (κ1) is 22.1. The second kappa shape index (κ2) is 9.15. The van der Waals surface area contributed by atoms with Crippen LogP contribution < -0.4 is 21.3 Å². The van der Waals surface area contributed by atoms with Crippen molar-refractivity contribution < 1.29 is 4.79 Å². The van der Waals surface area contributed by atoms with Crippen molar-refractivity contribution in [3.05, 3.63) is 47.9 Å². The normalized spacial score (nSPS) is 11.0. The van der Waals surface area contributed by atoms with E-state index in [-0.39, 0.29) is 18.4 Å². The van der Waals surface area contributed by atoms with Crippen LogP contribution in [0.1, 0.15) is 18.2 Å². The van der Waals surface area contributed by atoms with Gasteiger partial charge in [-0.1, -0.05) is 12.1 Å². The van der Waals surface area contributed by atoms with Crippen LogP contribution in [0.3, 0.4) is 0 Å². The minimum absolute atomic E-state index is 0.0341. The Balaban J connectivity index is 1.50. The third-order valence-electron chi connectivity index (χ3n) is 5.18. The van der Waals surface area contributed by atoms with E-state index in [2.05, 4.69) is 54.9 Å². The third-order valence-corrected chi connectivity index (χ3v) is 5.18. The second-order valence-corrected chi connectivity index (χ2v) is 7.92. The molecule has 4 rings (SSSR count). The van der Waals surface area contributed by atoms with Gasteiger partial charge in [-0.25, -0.2) is 9.67 Å². The van der Waals surface area contributed by atoms with Crippen molar-refractivity contribution in [3.63, 3.8) is 0 Å². The molecule has 0 spiro atoms. The number of amides is 1. The van der Waals surface area contributed by atoms with E-state index in [4.69, 9.17) is 5.73 Å². The molecule has 4 aromatic rings. The average Bonchev–Trinajstić information content (AvgIpc) is 3.34. The summed E-state index contributed by atoms with van der Waals surface area (Å²) in [5.74, 6) is 1.07. The van der Waals surface area contributed by atoms with E-state index in [1.807, 2.05) is 38.9 Å². The molecule has 0 bridgehead atoms. The van der Waals surface area contributed by atoms with E-state index in [9.17, 15) is 4.79 Å². The molecule has 3 aromatic heterocycles. The van der Waals surface area contributed by atoms with Gasteiger partial charge in [-0.05, 0) is 31.5 Å². The molecule has 33 heavy (non-hydrogen) atoms. The molecule has 0 radical (unpaired) electrons. The van der Waals surface area contributed by atoms with Crippen LogP contribution in [0, 0.1) is 6.92 Å². The van der Waals surface area contributed by atoms with Crippen molar-refractivity contribution in [2.75, 3.05) is 35.4 Å². The number of anilines is 4. The molecule has 0 aliphatic carbocycles. The SMILES string of the molecule is CCn1nc(C)cc1NC(=O)Cn1cnc2c(NCc3ccc(N(C)C)cc3)nc(N)nc21. The molecule has 1 amide bonds. The van der Waals surface area contributed by atoms with Crippen molar-refractivity contribution in [2.24, 2.45) is 0 Å². The molecule has 0 saturated heterocycles. The highest BCUT2D eigenvalue weighted by atomic mass is 16.2. The first-order chi connectivity index (χ1) is 15.8. The van der Waals surface area contributed by atoms with Crippen molar-refractivity contribution in [2.45, 2.75) is 33.5 Å². The molecule has 1 aromatic carbocycles. The number of hydrogen-bond acceptors (Lipinski definition) is 8. The topological polar surface area (TPSA) is 132 Å². The van der Waals surface area contributed by atoms with E-state index >= 15 is 0 Å². The predicted octanol–water partition coefficient (Wildman–Crippen LogP) is 2.25. The number of nitrogens with two attached hydrogens (primary N) is 1. The zero-order valence-electron chi connectivity index (χ0n) is 19.2. The number of imidazole rings is 1. The van der Waals surface area contributed by atoms with Crippen LogP contribution in [-0.2, 0) is 24.4 Å². The number of benzene rings is 1. The summed E-state index contributed by atoms with van der Waals surface area (Å²) in [5.41, 5.74) is 10.0. The Morgan fingerprint density at radius 3 is 2.64 bits per heavy atom. The summed E-state index contributed by atoms with van der Waals surface area (Å²) in [6.07, 6.45) is 1.57. The summed E-state index contributed by atoms with van der Waals surface area (Å²) in [5, 5.41) is 10.5. The molecule has 0 fully saturated rings. The fourth-order valence-electron chi connectivity index (χ4n) is 3.52. The standard InChI is InChI=1S/C22H28N10O/c1-5-32-17(10-14(2)29-32)26-18(33)12-31-13-25-19-20(27-22(23)28-21(19)31)24-11-15-6-8-16(9-7-15)30(3)4/h6-10,13H,5,11-12H2,1-4H3,(H,26,33)(H3,23,24,27,28). The number of nitrogens with one attached hydrogen (secondary N) is 2. The summed E-state index contributed by atoms with van der Waals surface area (Å²) in [6.45, 7) is 5.10. The number of fused-ring (bicyclic) bond motifs is 1. The first-order valence-corrected chi connectivity index (χ1v) is 10.7. The van der Waals surface area contributed by atoms with Gasteiger partial charge < -0.3 is 25.8 Å². The number of rotatable bonds is 8. The molecule has 4 N–H and O–H groups in total. The number of carbonyl (C=O) groups excluding carboxylic acids is 1. The largest absolute Gasteiger partial charge is 0.378 e. The average molecular weight is 449 g/mol. The van der Waals surface area contributed by atoms with Gasteiger partial charge in [0.1, 0.15) is 12.4 Å². The van der Waals surface area contributed by atoms with E-state index in [1.54, 1.807) is 15.6 Å². The molecule has 0 aliphatic rings. The summed E-state index contributed by atoms with van der Waals surface area (Å²) >= 11 is 0. The molecule has 0 aliphatic heterocycles. The Morgan fingerprint density at radius 2 is 1.94 bits per heavy atom. The van der Waals surface area contributed by atoms with Crippen molar-refractivity contribution >= 4 is 40.3 Å². The van der Waals surface area contributed by atoms with Crippen molar-refractivity contribution in [1.29, 1.82) is 0 Å². The number of aromatic nitrogens is 6. The zero-order chi connectivity index (χ0) is 23.5. The Morgan fingerprint density at radius 1 is 1.18 bits per heavy atom. The van der Waals surface area contributed by atoms with Gasteiger partial charge in [0.05, 0.1) is 12.0 Å². The molecule has 11 heteroatoms. The molecular formula is C22H28N10O. The summed E-state index contributed by atoms with van der Waals surface area (Å²) < 4.78 is 3.39. The zero-order valence-corrected chi connectivity index (χ0v) is 19.2. The Bertz CT molecular complexity index is 1270. The number of hydrogen-bond donors (Lipinski definition) is 3. The fraction of sp³-hybridized carbons (Fsp3) is 0.318. The van der Waals surface area contributed by atoms with Gasteiger partial charge in [0.2, 0.25) is 11.9 Å². The lowest BCUT2D eigenvalue weighted by Crippen LogP contribution is -2.20. The van der Waals surface area contributed by atoms with E-state index in [0.717, 1.165) is 16.9 Å². The monoisotopic (exact) mass is 448 g/mol. The van der Waals surface area contributed by atoms with Crippen LogP contribution >= 0.6 is 0 Å². The molecule has 11 nitrogen and oxygen atoms in total. The van der Waals surface area contributed by atoms with E-state index in [1.165, 1.54) is 0 Å². The van der Waals surface area contributed by atoms with Gasteiger partial charge in [0, 0.05) is 38.9 Å². The van der Waals surface area contributed by atoms with Crippen LogP contribution in [0.5, 0.6) is 0 Å². The minimum atomic E-state index is -0.212. The smallest absolute Gasteiger partial charge is 0.245 e. The number of nitrogen functional groups attached to an aromatic ring is 1. The summed E-state index contributed by atoms with van der Waals surface area (Å²) in [7, 11) is 4.01. The van der Waals surface area contributed by atoms with Gasteiger partial charge in [-0.15, -0.1) is 0 Å². The summed E-state index contributed by atoms with van der Waals surface area (Å²) in [6, 6.07) is 10.0. The fourth-order valence-corrected chi connectivity index (χ4v) is 3.52. The quantitative estimate of drug-likeness (QED) is 0.374. The highest BCUT2D eigenvalue weighted by molar-refractivity contribution is 5.91. The van der Waals surface area contributed by atoms with Crippen LogP contribution in [0.25, 0.3) is 11.2 Å². The van der Waals surface area contributed by atoms with Crippen LogP contribution in [0.4, 0.5) is 23.3 Å². The molecule has 3 heterocycles. The van der Waals surface area contributed by atoms with Gasteiger partial charge in [-0.2, -0.15) is 15.1 Å². The van der Waals surface area contributed by atoms with Gasteiger partial charge >= 0.3 is 0 Å². The molecule has 0 saturated carbocycles. The molecular weight excluding hydrogens is 420 g/mol. The Hall–Kier alpha value is -4.15. The highest BCUT2D eigenvalue weighted by Gasteiger charge is 2.15. The van der Waals surface area contributed by atoms with Crippen molar-refractivity contribution in [3.8, 4) is 0 Å². The minimum Gasteiger partial charge on any atom is -0.378 e. The molecule has 0 unspecified atom stereocenters. The lowest BCUT2D eigenvalue weighted by molar-refractivity contribution is -0.116. The second-order valence-electron chi connectivity index (χ2n) is 7.92. The van der Waals surface area contributed by atoms with Crippen LogP contribution in [-0.4, -0.2) is 49.3 Å². The van der Waals surface area contributed by atoms with Gasteiger partial charge in [0.25, 0.3) is 0 Å². The third kappa shape index (κ3) is 4.86. The first-order valence-electron chi connectivity index (χ1n) is 10.7. The summed E-state index contributed by atoms with van der Waals surface area (Å²) in [4.78, 5) is 27.7. The maximum atomic E-state index is 12.7. The number of aryl methyl sites for hydroxylation is 2. The van der Waals surface area contributed by atoms with E-state index < -0.39 is 0 Å². The van der Waals surface area contributed by atoms with Crippen LogP contribution in [0.15, 0.2) is 36.7 Å². The Labute approximate surface area is 191 Å². The number of carbonyl (C=O) groups is 1. The highest BCUT2D eigenvalue weighted by Crippen LogP contribution is 2.21. The van der Waals surface area contributed by atoms with Gasteiger partial charge in [-0.3, -0.25) is 4.79 Å². The lowest BCUT2D eigenvalue weighted by atomic mass is 10.2. The number of nitrogens with zero attached hydrogens (tertiary/aromatic N) is 7. The van der Waals surface area contributed by atoms with E-state index in [0.29, 0.717) is 35.9 Å². The maximum Gasteiger partial charge on any atom is 0.245 e. The van der Waals surface area contributed by atoms with Crippen molar-refractivity contribution in [1.82, 2.24) is 29.3 Å². The molecule has 172 valence electrons. The van der Waals surface area contributed by atoms with Gasteiger partial charge in [0.15, 0.2) is 17.0 Å². The molecule has 0 atom stereocenters. The maximum absolute atomic E-state index is 12.7. The van der Waals surface area contributed by atoms with Crippen LogP contribution in [0.2, 0.25) is 0 Å². The predicted molar refractivity (Wildman–Crippen MR) is 129 cm³/mol.